The number of pyridine rings is 1. The number of hydrogen-bond acceptors (Lipinski definition) is 4. The lowest BCUT2D eigenvalue weighted by Crippen LogP contribution is -2.24. The second-order valence-electron chi connectivity index (χ2n) is 6.68. The molecule has 1 aliphatic rings. The van der Waals surface area contributed by atoms with E-state index in [-0.39, 0.29) is 24.7 Å². The number of aryl methyl sites for hydroxylation is 2. The summed E-state index contributed by atoms with van der Waals surface area (Å²) in [6.45, 7) is 2.64. The molecule has 2 heterocycles. The molecule has 0 fully saturated rings. The van der Waals surface area contributed by atoms with E-state index in [1.54, 1.807) is 0 Å². The van der Waals surface area contributed by atoms with Crippen molar-refractivity contribution in [2.45, 2.75) is 26.3 Å². The first-order valence-corrected chi connectivity index (χ1v) is 8.86. The molecule has 1 aromatic heterocycles. The van der Waals surface area contributed by atoms with Gasteiger partial charge >= 0.3 is 0 Å². The quantitative estimate of drug-likeness (QED) is 0.730. The molecule has 1 amide bonds. The number of aromatic amines is 1. The summed E-state index contributed by atoms with van der Waals surface area (Å²) < 4.78 is 10.6. The number of benzene rings is 2. The maximum absolute atomic E-state index is 12.2. The maximum Gasteiger partial charge on any atom is 0.251 e. The highest BCUT2D eigenvalue weighted by Gasteiger charge is 2.13. The fraction of sp³-hybridized carbons (Fsp3) is 0.238. The number of nitrogens with one attached hydrogen (secondary N) is 2. The van der Waals surface area contributed by atoms with Gasteiger partial charge in [-0.1, -0.05) is 17.7 Å². The molecule has 138 valence electrons. The van der Waals surface area contributed by atoms with Crippen molar-refractivity contribution in [1.29, 1.82) is 0 Å². The fourth-order valence-corrected chi connectivity index (χ4v) is 3.15. The predicted molar refractivity (Wildman–Crippen MR) is 102 cm³/mol. The molecule has 0 bridgehead atoms. The molecule has 2 N–H and O–H groups in total. The molecule has 0 atom stereocenters. The third-order valence-electron chi connectivity index (χ3n) is 4.62. The van der Waals surface area contributed by atoms with Crippen LogP contribution in [0.5, 0.6) is 11.5 Å². The number of fused-ring (bicyclic) bond motifs is 2. The van der Waals surface area contributed by atoms with Crippen molar-refractivity contribution in [3.05, 3.63) is 69.5 Å². The van der Waals surface area contributed by atoms with Gasteiger partial charge in [0.1, 0.15) is 0 Å². The summed E-state index contributed by atoms with van der Waals surface area (Å²) in [5.41, 5.74) is 3.34. The van der Waals surface area contributed by atoms with Crippen LogP contribution in [0.15, 0.2) is 47.3 Å². The van der Waals surface area contributed by atoms with Gasteiger partial charge in [-0.05, 0) is 54.6 Å². The molecule has 0 spiro atoms. The van der Waals surface area contributed by atoms with Gasteiger partial charge in [-0.15, -0.1) is 0 Å². The SMILES string of the molecule is Cc1ccc2[nH]c(=O)c(CCC(=O)NCc3ccc4c(c3)OCO4)cc2c1. The fourth-order valence-electron chi connectivity index (χ4n) is 3.15. The number of H-pyrrole nitrogens is 1. The third kappa shape index (κ3) is 3.79. The predicted octanol–water partition coefficient (Wildman–Crippen LogP) is 2.81. The second kappa shape index (κ2) is 7.15. The summed E-state index contributed by atoms with van der Waals surface area (Å²) in [5, 5.41) is 3.86. The molecule has 3 aromatic rings. The van der Waals surface area contributed by atoms with Gasteiger partial charge in [0.25, 0.3) is 5.56 Å². The Bertz CT molecular complexity index is 1070. The first-order valence-electron chi connectivity index (χ1n) is 8.86. The summed E-state index contributed by atoms with van der Waals surface area (Å²) in [6, 6.07) is 13.3. The van der Waals surface area contributed by atoms with E-state index in [1.165, 1.54) is 0 Å². The van der Waals surface area contributed by atoms with E-state index in [4.69, 9.17) is 9.47 Å². The van der Waals surface area contributed by atoms with Gasteiger partial charge in [0, 0.05) is 24.0 Å². The molecule has 1 aliphatic heterocycles. The van der Waals surface area contributed by atoms with Gasteiger partial charge in [-0.25, -0.2) is 0 Å². The van der Waals surface area contributed by atoms with Gasteiger partial charge in [0.05, 0.1) is 0 Å². The lowest BCUT2D eigenvalue weighted by atomic mass is 10.1. The van der Waals surface area contributed by atoms with Crippen LogP contribution in [0.4, 0.5) is 0 Å². The van der Waals surface area contributed by atoms with E-state index in [1.807, 2.05) is 49.4 Å². The molecular weight excluding hydrogens is 344 g/mol. The van der Waals surface area contributed by atoms with Crippen molar-refractivity contribution in [2.75, 3.05) is 6.79 Å². The lowest BCUT2D eigenvalue weighted by Gasteiger charge is -2.07. The number of rotatable bonds is 5. The Balaban J connectivity index is 1.37. The molecule has 0 saturated carbocycles. The number of amides is 1. The van der Waals surface area contributed by atoms with Crippen LogP contribution in [0.3, 0.4) is 0 Å². The number of carbonyl (C=O) groups excluding carboxylic acids is 1. The van der Waals surface area contributed by atoms with Gasteiger partial charge in [0.2, 0.25) is 12.7 Å². The largest absolute Gasteiger partial charge is 0.454 e. The molecule has 4 rings (SSSR count). The average molecular weight is 364 g/mol. The molecule has 0 radical (unpaired) electrons. The van der Waals surface area contributed by atoms with Crippen LogP contribution in [0.25, 0.3) is 10.9 Å². The molecule has 6 nitrogen and oxygen atoms in total. The van der Waals surface area contributed by atoms with Crippen LogP contribution in [0, 0.1) is 6.92 Å². The number of carbonyl (C=O) groups is 1. The number of aromatic nitrogens is 1. The van der Waals surface area contributed by atoms with Gasteiger partial charge < -0.3 is 19.8 Å². The molecule has 0 aliphatic carbocycles. The molecule has 2 aromatic carbocycles. The van der Waals surface area contributed by atoms with E-state index < -0.39 is 0 Å². The molecular formula is C21H20N2O4. The molecule has 0 saturated heterocycles. The van der Waals surface area contributed by atoms with E-state index in [0.29, 0.717) is 24.3 Å². The molecule has 27 heavy (non-hydrogen) atoms. The normalized spacial score (nSPS) is 12.3. The first-order chi connectivity index (χ1) is 13.1. The van der Waals surface area contributed by atoms with Crippen LogP contribution in [0.1, 0.15) is 23.1 Å². The minimum Gasteiger partial charge on any atom is -0.454 e. The Morgan fingerprint density at radius 3 is 2.85 bits per heavy atom. The van der Waals surface area contributed by atoms with Crippen molar-refractivity contribution in [2.24, 2.45) is 0 Å². The highest BCUT2D eigenvalue weighted by Crippen LogP contribution is 2.32. The van der Waals surface area contributed by atoms with Crippen LogP contribution in [0.2, 0.25) is 0 Å². The number of hydrogen-bond donors (Lipinski definition) is 2. The Morgan fingerprint density at radius 2 is 1.96 bits per heavy atom. The third-order valence-corrected chi connectivity index (χ3v) is 4.62. The highest BCUT2D eigenvalue weighted by atomic mass is 16.7. The van der Waals surface area contributed by atoms with E-state index >= 15 is 0 Å². The van der Waals surface area contributed by atoms with Crippen LogP contribution >= 0.6 is 0 Å². The van der Waals surface area contributed by atoms with Crippen molar-refractivity contribution in [3.63, 3.8) is 0 Å². The summed E-state index contributed by atoms with van der Waals surface area (Å²) in [7, 11) is 0. The minimum absolute atomic E-state index is 0.101. The van der Waals surface area contributed by atoms with Crippen LogP contribution in [-0.2, 0) is 17.8 Å². The highest BCUT2D eigenvalue weighted by molar-refractivity contribution is 5.80. The Labute approximate surface area is 156 Å². The summed E-state index contributed by atoms with van der Waals surface area (Å²) >= 11 is 0. The van der Waals surface area contributed by atoms with Crippen molar-refractivity contribution in [1.82, 2.24) is 10.3 Å². The zero-order chi connectivity index (χ0) is 18.8. The zero-order valence-electron chi connectivity index (χ0n) is 15.0. The second-order valence-corrected chi connectivity index (χ2v) is 6.68. The van der Waals surface area contributed by atoms with Crippen LogP contribution < -0.4 is 20.3 Å². The summed E-state index contributed by atoms with van der Waals surface area (Å²) in [6.07, 6.45) is 0.650. The Kier molecular flexibility index (Phi) is 4.54. The minimum atomic E-state index is -0.144. The Hall–Kier alpha value is -3.28. The van der Waals surface area contributed by atoms with Crippen molar-refractivity contribution < 1.29 is 14.3 Å². The molecule has 6 heteroatoms. The zero-order valence-corrected chi connectivity index (χ0v) is 15.0. The van der Waals surface area contributed by atoms with Crippen molar-refractivity contribution >= 4 is 16.8 Å². The number of ether oxygens (including phenoxy) is 2. The van der Waals surface area contributed by atoms with E-state index in [0.717, 1.165) is 27.8 Å². The topological polar surface area (TPSA) is 80.4 Å². The summed E-state index contributed by atoms with van der Waals surface area (Å²) in [5.74, 6) is 1.31. The Morgan fingerprint density at radius 1 is 1.11 bits per heavy atom. The van der Waals surface area contributed by atoms with Gasteiger partial charge in [0.15, 0.2) is 11.5 Å². The van der Waals surface area contributed by atoms with Gasteiger partial charge in [-0.2, -0.15) is 0 Å². The first kappa shape index (κ1) is 17.1. The van der Waals surface area contributed by atoms with E-state index in [2.05, 4.69) is 10.3 Å². The van der Waals surface area contributed by atoms with Crippen LogP contribution in [-0.4, -0.2) is 17.7 Å². The molecule has 0 unspecified atom stereocenters. The maximum atomic E-state index is 12.2. The van der Waals surface area contributed by atoms with E-state index in [9.17, 15) is 9.59 Å². The summed E-state index contributed by atoms with van der Waals surface area (Å²) in [4.78, 5) is 27.3. The monoisotopic (exact) mass is 364 g/mol. The van der Waals surface area contributed by atoms with Gasteiger partial charge in [-0.3, -0.25) is 9.59 Å². The standard InChI is InChI=1S/C21H20N2O4/c1-13-2-5-17-16(8-13)10-15(21(25)23-17)4-7-20(24)22-11-14-3-6-18-19(9-14)27-12-26-18/h2-3,5-6,8-10H,4,7,11-12H2,1H3,(H,22,24)(H,23,25). The smallest absolute Gasteiger partial charge is 0.251 e. The lowest BCUT2D eigenvalue weighted by molar-refractivity contribution is -0.121. The average Bonchev–Trinajstić information content (AvgIpc) is 3.13. The van der Waals surface area contributed by atoms with Crippen molar-refractivity contribution in [3.8, 4) is 11.5 Å².